The maximum absolute atomic E-state index is 12.2. The van der Waals surface area contributed by atoms with Crippen LogP contribution in [0.2, 0.25) is 5.02 Å². The predicted molar refractivity (Wildman–Crippen MR) is 95.5 cm³/mol. The average Bonchev–Trinajstić information content (AvgIpc) is 2.60. The number of rotatable bonds is 8. The van der Waals surface area contributed by atoms with Crippen molar-refractivity contribution in [2.75, 3.05) is 6.61 Å². The van der Waals surface area contributed by atoms with Crippen molar-refractivity contribution < 1.29 is 14.5 Å². The van der Waals surface area contributed by atoms with E-state index in [1.54, 1.807) is 13.0 Å². The standard InChI is InChI=1S/C18H19ClN2O4/c1-2-25-18(22)16(11-13-7-4-3-5-8-13)20-12-14-15(19)9-6-10-17(14)21(23)24/h3-10,16,20H,2,11-12H2,1H3/t16-/m1/s1. The normalized spacial score (nSPS) is 11.8. The molecule has 0 aliphatic rings. The molecule has 0 radical (unpaired) electrons. The highest BCUT2D eigenvalue weighted by atomic mass is 35.5. The summed E-state index contributed by atoms with van der Waals surface area (Å²) in [5, 5.41) is 14.5. The van der Waals surface area contributed by atoms with Gasteiger partial charge in [-0.05, 0) is 25.0 Å². The molecule has 6 nitrogen and oxygen atoms in total. The Kier molecular flexibility index (Phi) is 6.91. The molecule has 0 aromatic heterocycles. The van der Waals surface area contributed by atoms with Crippen molar-refractivity contribution >= 4 is 23.3 Å². The number of hydrogen-bond acceptors (Lipinski definition) is 5. The first kappa shape index (κ1) is 18.9. The number of carbonyl (C=O) groups is 1. The first-order valence-electron chi connectivity index (χ1n) is 7.88. The van der Waals surface area contributed by atoms with Gasteiger partial charge in [0.25, 0.3) is 5.69 Å². The number of carbonyl (C=O) groups excluding carboxylic acids is 1. The molecule has 0 aliphatic carbocycles. The number of nitro benzene ring substituents is 1. The van der Waals surface area contributed by atoms with Gasteiger partial charge in [-0.1, -0.05) is 48.0 Å². The number of benzene rings is 2. The molecule has 0 aliphatic heterocycles. The third kappa shape index (κ3) is 5.27. The summed E-state index contributed by atoms with van der Waals surface area (Å²) in [4.78, 5) is 22.9. The summed E-state index contributed by atoms with van der Waals surface area (Å²) in [7, 11) is 0. The molecule has 1 N–H and O–H groups in total. The minimum Gasteiger partial charge on any atom is -0.465 e. The van der Waals surface area contributed by atoms with Gasteiger partial charge >= 0.3 is 5.97 Å². The lowest BCUT2D eigenvalue weighted by atomic mass is 10.1. The fourth-order valence-corrected chi connectivity index (χ4v) is 2.69. The van der Waals surface area contributed by atoms with Gasteiger partial charge in [-0.2, -0.15) is 0 Å². The summed E-state index contributed by atoms with van der Waals surface area (Å²) in [5.74, 6) is -0.402. The minimum atomic E-state index is -0.627. The van der Waals surface area contributed by atoms with Crippen molar-refractivity contribution in [1.82, 2.24) is 5.32 Å². The molecule has 7 heteroatoms. The molecule has 2 aromatic carbocycles. The van der Waals surface area contributed by atoms with Crippen LogP contribution in [0.4, 0.5) is 5.69 Å². The topological polar surface area (TPSA) is 81.5 Å². The third-order valence-electron chi connectivity index (χ3n) is 3.67. The van der Waals surface area contributed by atoms with Gasteiger partial charge in [0.15, 0.2) is 0 Å². The highest BCUT2D eigenvalue weighted by Gasteiger charge is 2.23. The summed E-state index contributed by atoms with van der Waals surface area (Å²) in [6.07, 6.45) is 0.415. The molecule has 0 saturated heterocycles. The molecule has 0 fully saturated rings. The molecule has 132 valence electrons. The van der Waals surface area contributed by atoms with Crippen LogP contribution in [0.3, 0.4) is 0 Å². The van der Waals surface area contributed by atoms with E-state index in [-0.39, 0.29) is 23.9 Å². The number of nitrogens with zero attached hydrogens (tertiary/aromatic N) is 1. The van der Waals surface area contributed by atoms with Crippen LogP contribution in [0.15, 0.2) is 48.5 Å². The number of esters is 1. The molecule has 0 spiro atoms. The number of ether oxygens (including phenoxy) is 1. The van der Waals surface area contributed by atoms with Crippen molar-refractivity contribution in [3.63, 3.8) is 0 Å². The third-order valence-corrected chi connectivity index (χ3v) is 4.02. The molecule has 1 atom stereocenters. The Morgan fingerprint density at radius 1 is 1.24 bits per heavy atom. The molecule has 2 rings (SSSR count). The number of nitrogens with one attached hydrogen (secondary N) is 1. The highest BCUT2D eigenvalue weighted by Crippen LogP contribution is 2.26. The van der Waals surface area contributed by atoms with Gasteiger partial charge in [0, 0.05) is 12.6 Å². The first-order valence-corrected chi connectivity index (χ1v) is 8.26. The van der Waals surface area contributed by atoms with Crippen LogP contribution in [0.25, 0.3) is 0 Å². The lowest BCUT2D eigenvalue weighted by Gasteiger charge is -2.18. The van der Waals surface area contributed by atoms with Gasteiger partial charge < -0.3 is 4.74 Å². The van der Waals surface area contributed by atoms with E-state index < -0.39 is 16.9 Å². The van der Waals surface area contributed by atoms with Crippen LogP contribution in [0, 0.1) is 10.1 Å². The van der Waals surface area contributed by atoms with Gasteiger partial charge in [0.1, 0.15) is 6.04 Å². The Balaban J connectivity index is 2.17. The predicted octanol–water partition coefficient (Wildman–Crippen LogP) is 3.51. The lowest BCUT2D eigenvalue weighted by molar-refractivity contribution is -0.385. The maximum Gasteiger partial charge on any atom is 0.323 e. The Morgan fingerprint density at radius 3 is 2.60 bits per heavy atom. The Morgan fingerprint density at radius 2 is 1.96 bits per heavy atom. The van der Waals surface area contributed by atoms with Gasteiger partial charge in [0.2, 0.25) is 0 Å². The van der Waals surface area contributed by atoms with Crippen LogP contribution in [-0.4, -0.2) is 23.5 Å². The van der Waals surface area contributed by atoms with E-state index in [1.165, 1.54) is 12.1 Å². The van der Waals surface area contributed by atoms with Crippen molar-refractivity contribution in [2.24, 2.45) is 0 Å². The van der Waals surface area contributed by atoms with Crippen LogP contribution in [-0.2, 0) is 22.5 Å². The summed E-state index contributed by atoms with van der Waals surface area (Å²) in [6, 6.07) is 13.4. The molecule has 25 heavy (non-hydrogen) atoms. The molecule has 0 amide bonds. The van der Waals surface area contributed by atoms with E-state index in [2.05, 4.69) is 5.32 Å². The van der Waals surface area contributed by atoms with Crippen LogP contribution < -0.4 is 5.32 Å². The van der Waals surface area contributed by atoms with Crippen LogP contribution in [0.1, 0.15) is 18.1 Å². The molecule has 0 saturated carbocycles. The number of halogens is 1. The Hall–Kier alpha value is -2.44. The molecule has 0 heterocycles. The Bertz CT molecular complexity index is 737. The van der Waals surface area contributed by atoms with Crippen molar-refractivity contribution in [1.29, 1.82) is 0 Å². The molecule has 0 bridgehead atoms. The zero-order valence-electron chi connectivity index (χ0n) is 13.8. The van der Waals surface area contributed by atoms with Gasteiger partial charge in [-0.15, -0.1) is 0 Å². The summed E-state index contributed by atoms with van der Waals surface area (Å²) in [5.41, 5.74) is 1.22. The highest BCUT2D eigenvalue weighted by molar-refractivity contribution is 6.31. The first-order chi connectivity index (χ1) is 12.0. The second-order valence-corrected chi connectivity index (χ2v) is 5.78. The van der Waals surface area contributed by atoms with Crippen LogP contribution >= 0.6 is 11.6 Å². The van der Waals surface area contributed by atoms with E-state index in [1.807, 2.05) is 30.3 Å². The smallest absolute Gasteiger partial charge is 0.323 e. The summed E-state index contributed by atoms with van der Waals surface area (Å²) >= 11 is 6.10. The van der Waals surface area contributed by atoms with E-state index in [9.17, 15) is 14.9 Å². The van der Waals surface area contributed by atoms with Crippen molar-refractivity contribution in [2.45, 2.75) is 25.9 Å². The van der Waals surface area contributed by atoms with E-state index in [0.717, 1.165) is 5.56 Å². The molecule has 0 unspecified atom stereocenters. The van der Waals surface area contributed by atoms with Gasteiger partial charge in [0.05, 0.1) is 22.1 Å². The largest absolute Gasteiger partial charge is 0.465 e. The van der Waals surface area contributed by atoms with E-state index in [4.69, 9.17) is 16.3 Å². The van der Waals surface area contributed by atoms with Gasteiger partial charge in [-0.25, -0.2) is 0 Å². The second kappa shape index (κ2) is 9.15. The van der Waals surface area contributed by atoms with Crippen molar-refractivity contribution in [3.05, 3.63) is 74.8 Å². The fourth-order valence-electron chi connectivity index (χ4n) is 2.45. The SMILES string of the molecule is CCOC(=O)[C@@H](Cc1ccccc1)NCc1c(Cl)cccc1[N+](=O)[O-]. The molecular weight excluding hydrogens is 344 g/mol. The van der Waals surface area contributed by atoms with Crippen molar-refractivity contribution in [3.8, 4) is 0 Å². The number of nitro groups is 1. The van der Waals surface area contributed by atoms with E-state index >= 15 is 0 Å². The summed E-state index contributed by atoms with van der Waals surface area (Å²) < 4.78 is 5.10. The zero-order chi connectivity index (χ0) is 18.2. The molecule has 2 aromatic rings. The van der Waals surface area contributed by atoms with E-state index in [0.29, 0.717) is 12.0 Å². The molecular formula is C18H19ClN2O4. The average molecular weight is 363 g/mol. The quantitative estimate of drug-likeness (QED) is 0.441. The number of hydrogen-bond donors (Lipinski definition) is 1. The second-order valence-electron chi connectivity index (χ2n) is 5.37. The monoisotopic (exact) mass is 362 g/mol. The summed E-state index contributed by atoms with van der Waals surface area (Å²) in [6.45, 7) is 2.08. The zero-order valence-corrected chi connectivity index (χ0v) is 14.5. The maximum atomic E-state index is 12.2. The lowest BCUT2D eigenvalue weighted by Crippen LogP contribution is -2.39. The van der Waals surface area contributed by atoms with Gasteiger partial charge in [-0.3, -0.25) is 20.2 Å². The van der Waals surface area contributed by atoms with Crippen LogP contribution in [0.5, 0.6) is 0 Å². The minimum absolute atomic E-state index is 0.0812. The Labute approximate surface area is 150 Å². The fraction of sp³-hybridized carbons (Fsp3) is 0.278.